The van der Waals surface area contributed by atoms with Crippen molar-refractivity contribution in [1.82, 2.24) is 30.1 Å². The van der Waals surface area contributed by atoms with Crippen LogP contribution in [0.1, 0.15) is 88.6 Å². The predicted molar refractivity (Wildman–Crippen MR) is 349 cm³/mol. The minimum absolute atomic E-state index is 0.175. The first-order valence-corrected chi connectivity index (χ1v) is 38.6. The molecular weight excluding hydrogens is 1170 g/mol. The van der Waals surface area contributed by atoms with Gasteiger partial charge in [-0.1, -0.05) is 81.0 Å². The molecule has 88 heavy (non-hydrogen) atoms. The van der Waals surface area contributed by atoms with Gasteiger partial charge in [-0.15, -0.1) is 0 Å². The SMILES string of the molecule is CC[C@]1(O)C[C@H](C)C[C@](C(=O)OC)(c2ccc(N(C)[C@@H]3[C@@]4(C)CCN5CC=C[C@](CC)([C@H]54)[C@@H](O)[C@]3(O)C(=O)NCCC[Si](C)(C)O[Si](C)(C)CSc3ncc(COCCOCCOCCN=[N+]=[N-])cn3)cc2OC)c2[nH]c3ccccc3c2CCN(C)C1. The molecule has 1 amide bonds. The van der Waals surface area contributed by atoms with Gasteiger partial charge in [-0.2, -0.15) is 0 Å². The number of fused-ring (bicyclic) bond motifs is 3. The number of rotatable bonds is 28. The number of azide groups is 1. The molecule has 2 aromatic carbocycles. The normalized spacial score (nSPS) is 27.7. The minimum atomic E-state index is -2.30. The van der Waals surface area contributed by atoms with Crippen molar-refractivity contribution < 1.29 is 52.7 Å². The summed E-state index contributed by atoms with van der Waals surface area (Å²) in [5, 5.41) is 48.0. The third-order valence-corrected chi connectivity index (χ3v) is 29.0. The maximum Gasteiger partial charge on any atom is 0.322 e. The molecule has 8 rings (SSSR count). The number of aliphatic hydroxyl groups is 3. The Kier molecular flexibility index (Phi) is 22.8. The highest BCUT2D eigenvalue weighted by Gasteiger charge is 2.74. The van der Waals surface area contributed by atoms with Gasteiger partial charge in [-0.05, 0) is 120 Å². The fraction of sp³-hybridized carbons (Fsp3) is 0.656. The van der Waals surface area contributed by atoms with Crippen LogP contribution in [0.2, 0.25) is 32.2 Å². The standard InChI is InChI=1S/C64H98N10O11SSi2/c1-13-61(78)38-45(3)39-63(58(77)81-8,53-49(23-29-72(5)43-61)48-19-15-16-20-51(48)70-53)50-22-21-47(37-52(50)80-7)73(6)55-60(4)25-30-74-28-17-24-62(14-2,54(60)74)56(75)64(55,79)57(76)66-26-18-36-87(9,10)85-88(11,12)44-86-59-67-40-46(41-68-59)42-84-35-34-83-33-32-82-31-27-69-71-65/h15-17,19-22,24,37,40-41,45,54-56,70,75,78-79H,13-14,18,23,25-36,38-39,42-44H2,1-12H3,(H,66,76)/t45-,54+,55+,56+,60-,61-,62+,63-,64-/m0/s1. The van der Waals surface area contributed by atoms with Crippen LogP contribution in [0.5, 0.6) is 5.75 Å². The largest absolute Gasteiger partial charge is 0.496 e. The van der Waals surface area contributed by atoms with E-state index in [-0.39, 0.29) is 18.5 Å². The summed E-state index contributed by atoms with van der Waals surface area (Å²) in [6.45, 7) is 22.7. The second-order valence-electron chi connectivity index (χ2n) is 26.5. The molecule has 24 heteroatoms. The molecule has 0 bridgehead atoms. The molecule has 4 aromatic rings. The lowest BCUT2D eigenvalue weighted by molar-refractivity contribution is -0.215. The molecule has 21 nitrogen and oxygen atoms in total. The number of hydrogen-bond donors (Lipinski definition) is 5. The average Bonchev–Trinajstić information content (AvgIpc) is 1.45. The van der Waals surface area contributed by atoms with E-state index >= 15 is 9.59 Å². The fourth-order valence-corrected chi connectivity index (χ4v) is 25.8. The zero-order valence-electron chi connectivity index (χ0n) is 54.1. The van der Waals surface area contributed by atoms with Crippen molar-refractivity contribution in [3.8, 4) is 5.75 Å². The van der Waals surface area contributed by atoms with Gasteiger partial charge in [0.25, 0.3) is 5.91 Å². The zero-order chi connectivity index (χ0) is 63.7. The topological polar surface area (TPSA) is 262 Å². The number of carbonyl (C=O) groups is 2. The Labute approximate surface area is 526 Å². The van der Waals surface area contributed by atoms with Gasteiger partial charge < -0.3 is 63.2 Å². The maximum absolute atomic E-state index is 15.4. The number of esters is 1. The minimum Gasteiger partial charge on any atom is -0.496 e. The summed E-state index contributed by atoms with van der Waals surface area (Å²) in [6, 6.07) is 13.5. The van der Waals surface area contributed by atoms with Gasteiger partial charge in [0, 0.05) is 119 Å². The number of anilines is 1. The number of carbonyl (C=O) groups excluding carboxylic acids is 2. The van der Waals surface area contributed by atoms with Crippen LogP contribution in [0.3, 0.4) is 0 Å². The van der Waals surface area contributed by atoms with Crippen molar-refractivity contribution >= 4 is 56.9 Å². The lowest BCUT2D eigenvalue weighted by atomic mass is 9.48. The number of nitrogens with zero attached hydrogens (tertiary/aromatic N) is 8. The van der Waals surface area contributed by atoms with E-state index in [0.29, 0.717) is 133 Å². The number of likely N-dealkylation sites (N-methyl/N-ethyl adjacent to an activating group) is 2. The summed E-state index contributed by atoms with van der Waals surface area (Å²) in [4.78, 5) is 52.8. The molecule has 3 aliphatic heterocycles. The van der Waals surface area contributed by atoms with E-state index in [2.05, 4.69) is 98.3 Å². The number of β-amino-alcohol motifs (C(OH)–C–C–N with tert-alkyl or cyclic N) is 1. The summed E-state index contributed by atoms with van der Waals surface area (Å²) in [6.07, 6.45) is 9.88. The first kappa shape index (κ1) is 69.0. The van der Waals surface area contributed by atoms with Gasteiger partial charge in [-0.3, -0.25) is 14.5 Å². The van der Waals surface area contributed by atoms with E-state index in [0.717, 1.165) is 45.7 Å². The number of amides is 1. The monoisotopic (exact) mass is 1270 g/mol. The van der Waals surface area contributed by atoms with Crippen molar-refractivity contribution in [2.24, 2.45) is 21.9 Å². The number of methoxy groups -OCH3 is 2. The van der Waals surface area contributed by atoms with E-state index < -0.39 is 68.1 Å². The number of aromatic amines is 1. The molecule has 0 radical (unpaired) electrons. The molecule has 0 spiro atoms. The highest BCUT2D eigenvalue weighted by molar-refractivity contribution is 8.00. The number of hydrogen-bond acceptors (Lipinski definition) is 18. The summed E-state index contributed by atoms with van der Waals surface area (Å²) < 4.78 is 36.0. The predicted octanol–water partition coefficient (Wildman–Crippen LogP) is 8.55. The Morgan fingerprint density at radius 2 is 1.69 bits per heavy atom. The van der Waals surface area contributed by atoms with Gasteiger partial charge >= 0.3 is 5.97 Å². The molecule has 5 N–H and O–H groups in total. The molecule has 1 aliphatic carbocycles. The second kappa shape index (κ2) is 29.1. The van der Waals surface area contributed by atoms with Crippen molar-refractivity contribution in [2.75, 3.05) is 111 Å². The summed E-state index contributed by atoms with van der Waals surface area (Å²) in [5.41, 5.74) is 6.66. The summed E-state index contributed by atoms with van der Waals surface area (Å²) >= 11 is 1.58. The third kappa shape index (κ3) is 14.5. The van der Waals surface area contributed by atoms with Crippen LogP contribution in [0, 0.1) is 16.7 Å². The first-order valence-electron chi connectivity index (χ1n) is 31.4. The Bertz CT molecular complexity index is 3100. The van der Waals surface area contributed by atoms with E-state index in [4.69, 9.17) is 33.3 Å². The number of H-pyrrole nitrogens is 1. The Balaban J connectivity index is 1.00. The van der Waals surface area contributed by atoms with E-state index in [1.54, 1.807) is 31.3 Å². The number of thioether (sulfide) groups is 1. The number of aromatic nitrogens is 3. The summed E-state index contributed by atoms with van der Waals surface area (Å²) in [7, 11) is 2.43. The van der Waals surface area contributed by atoms with Gasteiger partial charge in [0.15, 0.2) is 27.4 Å². The molecule has 2 fully saturated rings. The quantitative estimate of drug-likeness (QED) is 0.00410. The van der Waals surface area contributed by atoms with Crippen LogP contribution in [0.25, 0.3) is 21.3 Å². The van der Waals surface area contributed by atoms with E-state index in [1.807, 2.05) is 69.2 Å². The zero-order valence-corrected chi connectivity index (χ0v) is 56.9. The van der Waals surface area contributed by atoms with Crippen LogP contribution < -0.4 is 15.0 Å². The molecular formula is C64H98N10O11SSi2. The molecule has 484 valence electrons. The Morgan fingerprint density at radius 1 is 0.977 bits per heavy atom. The maximum atomic E-state index is 15.4. The smallest absolute Gasteiger partial charge is 0.322 e. The van der Waals surface area contributed by atoms with Crippen molar-refractivity contribution in [2.45, 2.75) is 151 Å². The Hall–Kier alpha value is -4.93. The number of nitrogens with one attached hydrogen (secondary N) is 2. The highest BCUT2D eigenvalue weighted by Crippen LogP contribution is 2.62. The number of benzene rings is 2. The van der Waals surface area contributed by atoms with Crippen LogP contribution in [-0.4, -0.2) is 204 Å². The molecule has 1 saturated heterocycles. The van der Waals surface area contributed by atoms with Crippen LogP contribution in [-0.2, 0) is 51.1 Å². The summed E-state index contributed by atoms with van der Waals surface area (Å²) in [5.74, 6) is -0.842. The van der Waals surface area contributed by atoms with Crippen molar-refractivity contribution in [3.05, 3.63) is 99.8 Å². The van der Waals surface area contributed by atoms with Crippen LogP contribution >= 0.6 is 11.8 Å². The van der Waals surface area contributed by atoms with Crippen LogP contribution in [0.4, 0.5) is 5.69 Å². The second-order valence-corrected chi connectivity index (χ2v) is 36.7. The number of ether oxygens (including phenoxy) is 5. The van der Waals surface area contributed by atoms with E-state index in [9.17, 15) is 15.3 Å². The fourth-order valence-electron chi connectivity index (χ4n) is 15.5. The molecule has 9 atom stereocenters. The van der Waals surface area contributed by atoms with Gasteiger partial charge in [-0.25, -0.2) is 9.97 Å². The lowest BCUT2D eigenvalue weighted by Gasteiger charge is -2.65. The molecule has 1 saturated carbocycles. The number of para-hydroxylation sites is 1. The van der Waals surface area contributed by atoms with Crippen molar-refractivity contribution in [3.63, 3.8) is 0 Å². The Morgan fingerprint density at radius 3 is 2.39 bits per heavy atom. The molecule has 5 heterocycles. The molecule has 2 aromatic heterocycles. The molecule has 4 aliphatic rings. The van der Waals surface area contributed by atoms with Crippen molar-refractivity contribution in [1.29, 1.82) is 0 Å². The highest BCUT2D eigenvalue weighted by atomic mass is 32.2. The van der Waals surface area contributed by atoms with Gasteiger partial charge in [0.1, 0.15) is 17.3 Å². The van der Waals surface area contributed by atoms with Gasteiger partial charge in [0.05, 0.1) is 65.5 Å². The first-order chi connectivity index (χ1) is 41.9. The third-order valence-electron chi connectivity index (χ3n) is 19.1. The van der Waals surface area contributed by atoms with E-state index in [1.165, 1.54) is 7.11 Å². The number of aliphatic hydroxyl groups excluding tert-OH is 1. The lowest BCUT2D eigenvalue weighted by Crippen LogP contribution is -2.81. The average molecular weight is 1270 g/mol. The van der Waals surface area contributed by atoms with Gasteiger partial charge in [0.2, 0.25) is 0 Å². The molecule has 0 unspecified atom stereocenters. The van der Waals surface area contributed by atoms with Crippen LogP contribution in [0.15, 0.2) is 77.3 Å².